The zero-order valence-corrected chi connectivity index (χ0v) is 11.5. The van der Waals surface area contributed by atoms with Gasteiger partial charge in [-0.1, -0.05) is 23.7 Å². The van der Waals surface area contributed by atoms with Gasteiger partial charge in [-0.25, -0.2) is 0 Å². The molecule has 3 saturated heterocycles. The smallest absolute Gasteiger partial charge is 0.244 e. The summed E-state index contributed by atoms with van der Waals surface area (Å²) in [5, 5.41) is 3.97. The third kappa shape index (κ3) is 2.09. The summed E-state index contributed by atoms with van der Waals surface area (Å²) in [5.74, 6) is 0.0214. The lowest BCUT2D eigenvalue weighted by molar-refractivity contribution is -0.128. The molecular formula is C14H18ClN3O. The molecule has 1 unspecified atom stereocenters. The number of rotatable bonds is 3. The number of nitrogens with two attached hydrogens (primary N) is 1. The molecule has 0 aromatic heterocycles. The lowest BCUT2D eigenvalue weighted by Crippen LogP contribution is -2.68. The van der Waals surface area contributed by atoms with E-state index in [-0.39, 0.29) is 5.91 Å². The molecule has 0 spiro atoms. The number of fused-ring (bicyclic) bond motifs is 3. The fourth-order valence-electron chi connectivity index (χ4n) is 3.35. The first-order valence-electron chi connectivity index (χ1n) is 6.67. The minimum absolute atomic E-state index is 0.276. The molecule has 1 aromatic rings. The zero-order valence-electron chi connectivity index (χ0n) is 10.7. The molecule has 1 atom stereocenters. The van der Waals surface area contributed by atoms with Crippen molar-refractivity contribution in [3.63, 3.8) is 0 Å². The Bertz CT molecular complexity index is 499. The van der Waals surface area contributed by atoms with Crippen molar-refractivity contribution in [2.75, 3.05) is 25.0 Å². The molecule has 0 aliphatic carbocycles. The molecule has 3 heterocycles. The SMILES string of the molecule is NC(=O)C1(Nc2ccccc2Cl)CN2CCC1CC2. The van der Waals surface area contributed by atoms with E-state index in [0.717, 1.165) is 31.6 Å². The Balaban J connectivity index is 1.94. The number of primary amides is 1. The Morgan fingerprint density at radius 2 is 2.05 bits per heavy atom. The van der Waals surface area contributed by atoms with Crippen molar-refractivity contribution in [2.24, 2.45) is 11.7 Å². The van der Waals surface area contributed by atoms with E-state index >= 15 is 0 Å². The Hall–Kier alpha value is -1.26. The van der Waals surface area contributed by atoms with Crippen LogP contribution in [0.4, 0.5) is 5.69 Å². The van der Waals surface area contributed by atoms with Crippen LogP contribution in [0.1, 0.15) is 12.8 Å². The summed E-state index contributed by atoms with van der Waals surface area (Å²) in [7, 11) is 0. The summed E-state index contributed by atoms with van der Waals surface area (Å²) in [6.07, 6.45) is 2.03. The van der Waals surface area contributed by atoms with Crippen LogP contribution in [0.2, 0.25) is 5.02 Å². The maximum atomic E-state index is 12.1. The van der Waals surface area contributed by atoms with Gasteiger partial charge < -0.3 is 16.0 Å². The number of nitrogens with zero attached hydrogens (tertiary/aromatic N) is 1. The molecule has 3 N–H and O–H groups in total. The number of nitrogens with one attached hydrogen (secondary N) is 1. The van der Waals surface area contributed by atoms with Crippen LogP contribution >= 0.6 is 11.6 Å². The summed E-state index contributed by atoms with van der Waals surface area (Å²) in [5.41, 5.74) is 5.82. The van der Waals surface area contributed by atoms with Gasteiger partial charge in [-0.15, -0.1) is 0 Å². The van der Waals surface area contributed by atoms with Gasteiger partial charge >= 0.3 is 0 Å². The Morgan fingerprint density at radius 1 is 1.37 bits per heavy atom. The first kappa shape index (κ1) is 12.8. The van der Waals surface area contributed by atoms with E-state index in [2.05, 4.69) is 10.2 Å². The van der Waals surface area contributed by atoms with Gasteiger partial charge in [0.25, 0.3) is 0 Å². The van der Waals surface area contributed by atoms with Crippen LogP contribution in [0.3, 0.4) is 0 Å². The summed E-state index contributed by atoms with van der Waals surface area (Å²) in [6, 6.07) is 7.50. The standard InChI is InChI=1S/C14H18ClN3O/c15-11-3-1-2-4-12(11)17-14(13(16)19)9-18-7-5-10(14)6-8-18/h1-4,10,17H,5-9H2,(H2,16,19). The number of hydrogen-bond acceptors (Lipinski definition) is 3. The molecule has 3 aliphatic heterocycles. The molecule has 4 nitrogen and oxygen atoms in total. The monoisotopic (exact) mass is 279 g/mol. The van der Waals surface area contributed by atoms with Crippen molar-refractivity contribution in [3.05, 3.63) is 29.3 Å². The summed E-state index contributed by atoms with van der Waals surface area (Å²) >= 11 is 6.18. The van der Waals surface area contributed by atoms with Crippen molar-refractivity contribution in [2.45, 2.75) is 18.4 Å². The van der Waals surface area contributed by atoms with E-state index in [9.17, 15) is 4.79 Å². The molecule has 4 rings (SSSR count). The maximum Gasteiger partial charge on any atom is 0.244 e. The maximum absolute atomic E-state index is 12.1. The zero-order chi connectivity index (χ0) is 13.5. The molecule has 3 fully saturated rings. The highest BCUT2D eigenvalue weighted by atomic mass is 35.5. The number of carbonyl (C=O) groups excluding carboxylic acids is 1. The van der Waals surface area contributed by atoms with Crippen LogP contribution in [0, 0.1) is 5.92 Å². The normalized spacial score (nSPS) is 33.1. The van der Waals surface area contributed by atoms with Crippen LogP contribution in [0.5, 0.6) is 0 Å². The number of piperidine rings is 3. The Kier molecular flexibility index (Phi) is 3.15. The fraction of sp³-hybridized carbons (Fsp3) is 0.500. The van der Waals surface area contributed by atoms with Crippen LogP contribution < -0.4 is 11.1 Å². The van der Waals surface area contributed by atoms with Gasteiger partial charge in [0.15, 0.2) is 0 Å². The number of para-hydroxylation sites is 1. The molecule has 102 valence electrons. The van der Waals surface area contributed by atoms with Crippen LogP contribution in [-0.2, 0) is 4.79 Å². The second-order valence-corrected chi connectivity index (χ2v) is 5.90. The largest absolute Gasteiger partial charge is 0.369 e. The fourth-order valence-corrected chi connectivity index (χ4v) is 3.53. The number of hydrogen-bond donors (Lipinski definition) is 2. The molecule has 1 amide bonds. The van der Waals surface area contributed by atoms with Gasteiger partial charge in [0.2, 0.25) is 5.91 Å². The van der Waals surface area contributed by atoms with E-state index in [1.54, 1.807) is 0 Å². The van der Waals surface area contributed by atoms with Crippen molar-refractivity contribution >= 4 is 23.2 Å². The quantitative estimate of drug-likeness (QED) is 0.885. The minimum atomic E-state index is -0.679. The van der Waals surface area contributed by atoms with Crippen LogP contribution in [0.15, 0.2) is 24.3 Å². The molecule has 0 radical (unpaired) electrons. The van der Waals surface area contributed by atoms with E-state index in [0.29, 0.717) is 17.5 Å². The van der Waals surface area contributed by atoms with Gasteiger partial charge in [0.05, 0.1) is 10.7 Å². The number of anilines is 1. The van der Waals surface area contributed by atoms with E-state index in [1.807, 2.05) is 24.3 Å². The van der Waals surface area contributed by atoms with Gasteiger partial charge in [-0.2, -0.15) is 0 Å². The second kappa shape index (κ2) is 4.69. The Morgan fingerprint density at radius 3 is 2.58 bits per heavy atom. The van der Waals surface area contributed by atoms with Crippen molar-refractivity contribution < 1.29 is 4.79 Å². The first-order chi connectivity index (χ1) is 9.12. The predicted molar refractivity (Wildman–Crippen MR) is 76.2 cm³/mol. The molecule has 3 aliphatic rings. The Labute approximate surface area is 117 Å². The number of amides is 1. The topological polar surface area (TPSA) is 58.4 Å². The molecule has 1 aromatic carbocycles. The molecule has 2 bridgehead atoms. The third-order valence-corrected chi connectivity index (χ3v) is 4.76. The van der Waals surface area contributed by atoms with E-state index < -0.39 is 5.54 Å². The molecule has 19 heavy (non-hydrogen) atoms. The van der Waals surface area contributed by atoms with Crippen LogP contribution in [0.25, 0.3) is 0 Å². The van der Waals surface area contributed by atoms with Gasteiger partial charge in [0.1, 0.15) is 5.54 Å². The number of halogens is 1. The highest BCUT2D eigenvalue weighted by Crippen LogP contribution is 2.39. The lowest BCUT2D eigenvalue weighted by Gasteiger charge is -2.52. The summed E-state index contributed by atoms with van der Waals surface area (Å²) in [4.78, 5) is 14.4. The second-order valence-electron chi connectivity index (χ2n) is 5.49. The molecule has 5 heteroatoms. The lowest BCUT2D eigenvalue weighted by atomic mass is 9.72. The predicted octanol–water partition coefficient (Wildman–Crippen LogP) is 1.70. The number of carbonyl (C=O) groups is 1. The van der Waals surface area contributed by atoms with Gasteiger partial charge in [-0.05, 0) is 44.0 Å². The molecular weight excluding hydrogens is 262 g/mol. The minimum Gasteiger partial charge on any atom is -0.369 e. The number of benzene rings is 1. The third-order valence-electron chi connectivity index (χ3n) is 4.43. The van der Waals surface area contributed by atoms with Gasteiger partial charge in [-0.3, -0.25) is 4.79 Å². The molecule has 0 saturated carbocycles. The highest BCUT2D eigenvalue weighted by Gasteiger charge is 2.51. The summed E-state index contributed by atoms with van der Waals surface area (Å²) < 4.78 is 0. The average molecular weight is 280 g/mol. The van der Waals surface area contributed by atoms with E-state index in [4.69, 9.17) is 17.3 Å². The van der Waals surface area contributed by atoms with Crippen molar-refractivity contribution in [1.82, 2.24) is 4.90 Å². The van der Waals surface area contributed by atoms with Gasteiger partial charge in [0, 0.05) is 6.54 Å². The van der Waals surface area contributed by atoms with Crippen molar-refractivity contribution in [3.8, 4) is 0 Å². The van der Waals surface area contributed by atoms with E-state index in [1.165, 1.54) is 0 Å². The van der Waals surface area contributed by atoms with Crippen molar-refractivity contribution in [1.29, 1.82) is 0 Å². The summed E-state index contributed by atoms with van der Waals surface area (Å²) in [6.45, 7) is 2.80. The average Bonchev–Trinajstić information content (AvgIpc) is 2.42. The highest BCUT2D eigenvalue weighted by molar-refractivity contribution is 6.33. The first-order valence-corrected chi connectivity index (χ1v) is 7.04. The van der Waals surface area contributed by atoms with Crippen LogP contribution in [-0.4, -0.2) is 36.0 Å².